The standard InChI is InChI=1S/C19H28N6O/c1-22-11-15(10-21-22)17-13-24(12-16-6-7-20-23(16)2)14-18(17)19(26)25-8-4-3-5-9-25/h6-7,10-11,17-18H,3-5,8-9,12-14H2,1-2H3/t17-,18+/m0/s1. The summed E-state index contributed by atoms with van der Waals surface area (Å²) >= 11 is 0. The van der Waals surface area contributed by atoms with Crippen LogP contribution in [0.1, 0.15) is 36.4 Å². The Bertz CT molecular complexity index is 760. The quantitative estimate of drug-likeness (QED) is 0.830. The molecule has 140 valence electrons. The Hall–Kier alpha value is -2.15. The van der Waals surface area contributed by atoms with E-state index in [9.17, 15) is 4.79 Å². The maximum atomic E-state index is 13.3. The van der Waals surface area contributed by atoms with Crippen LogP contribution in [-0.2, 0) is 25.4 Å². The molecule has 2 aliphatic heterocycles. The molecule has 2 aliphatic rings. The largest absolute Gasteiger partial charge is 0.342 e. The van der Waals surface area contributed by atoms with Crippen LogP contribution < -0.4 is 0 Å². The topological polar surface area (TPSA) is 59.2 Å². The summed E-state index contributed by atoms with van der Waals surface area (Å²) in [5.41, 5.74) is 2.36. The van der Waals surface area contributed by atoms with E-state index in [-0.39, 0.29) is 11.8 Å². The number of piperidine rings is 1. The van der Waals surface area contributed by atoms with Gasteiger partial charge in [-0.1, -0.05) is 0 Å². The van der Waals surface area contributed by atoms with Crippen molar-refractivity contribution in [3.63, 3.8) is 0 Å². The van der Waals surface area contributed by atoms with E-state index in [1.807, 2.05) is 35.9 Å². The first kappa shape index (κ1) is 17.3. The molecule has 2 saturated heterocycles. The molecule has 0 spiro atoms. The minimum absolute atomic E-state index is 0.0190. The van der Waals surface area contributed by atoms with Crippen molar-refractivity contribution in [3.8, 4) is 0 Å². The van der Waals surface area contributed by atoms with E-state index in [4.69, 9.17) is 0 Å². The lowest BCUT2D eigenvalue weighted by atomic mass is 9.89. The lowest BCUT2D eigenvalue weighted by molar-refractivity contribution is -0.136. The zero-order valence-electron chi connectivity index (χ0n) is 15.7. The molecule has 4 rings (SSSR count). The fraction of sp³-hybridized carbons (Fsp3) is 0.632. The Morgan fingerprint density at radius 2 is 1.96 bits per heavy atom. The van der Waals surface area contributed by atoms with Gasteiger partial charge in [-0.2, -0.15) is 10.2 Å². The zero-order valence-corrected chi connectivity index (χ0v) is 15.7. The third kappa shape index (κ3) is 3.40. The van der Waals surface area contributed by atoms with Crippen LogP contribution in [0.25, 0.3) is 0 Å². The van der Waals surface area contributed by atoms with Crippen LogP contribution in [0.2, 0.25) is 0 Å². The molecule has 26 heavy (non-hydrogen) atoms. The van der Waals surface area contributed by atoms with E-state index in [2.05, 4.69) is 32.3 Å². The monoisotopic (exact) mass is 356 g/mol. The lowest BCUT2D eigenvalue weighted by Gasteiger charge is -2.30. The van der Waals surface area contributed by atoms with Crippen molar-refractivity contribution in [3.05, 3.63) is 35.9 Å². The van der Waals surface area contributed by atoms with Crippen LogP contribution in [0.15, 0.2) is 24.7 Å². The van der Waals surface area contributed by atoms with Crippen molar-refractivity contribution in [2.75, 3.05) is 26.2 Å². The van der Waals surface area contributed by atoms with Crippen molar-refractivity contribution in [2.45, 2.75) is 31.7 Å². The number of aromatic nitrogens is 4. The van der Waals surface area contributed by atoms with Crippen LogP contribution in [0.5, 0.6) is 0 Å². The highest BCUT2D eigenvalue weighted by Crippen LogP contribution is 2.35. The Morgan fingerprint density at radius 3 is 2.62 bits per heavy atom. The molecule has 0 saturated carbocycles. The minimum atomic E-state index is 0.0190. The summed E-state index contributed by atoms with van der Waals surface area (Å²) in [4.78, 5) is 17.7. The average molecular weight is 356 g/mol. The highest BCUT2D eigenvalue weighted by atomic mass is 16.2. The van der Waals surface area contributed by atoms with Gasteiger partial charge in [0.25, 0.3) is 0 Å². The Balaban J connectivity index is 1.54. The number of amides is 1. The summed E-state index contributed by atoms with van der Waals surface area (Å²) in [5, 5.41) is 8.61. The third-order valence-corrected chi connectivity index (χ3v) is 5.84. The number of likely N-dealkylation sites (tertiary alicyclic amines) is 2. The number of hydrogen-bond acceptors (Lipinski definition) is 4. The minimum Gasteiger partial charge on any atom is -0.342 e. The second-order valence-electron chi connectivity index (χ2n) is 7.69. The summed E-state index contributed by atoms with van der Waals surface area (Å²) in [5.74, 6) is 0.558. The molecule has 0 radical (unpaired) electrons. The van der Waals surface area contributed by atoms with E-state index >= 15 is 0 Å². The molecule has 1 amide bonds. The Kier molecular flexibility index (Phi) is 4.80. The predicted octanol–water partition coefficient (Wildman–Crippen LogP) is 1.38. The molecule has 2 atom stereocenters. The van der Waals surface area contributed by atoms with Gasteiger partial charge < -0.3 is 4.90 Å². The van der Waals surface area contributed by atoms with E-state index in [1.165, 1.54) is 17.7 Å². The highest BCUT2D eigenvalue weighted by molar-refractivity contribution is 5.80. The van der Waals surface area contributed by atoms with Gasteiger partial charge in [-0.3, -0.25) is 19.1 Å². The maximum Gasteiger partial charge on any atom is 0.227 e. The number of rotatable bonds is 4. The fourth-order valence-corrected chi connectivity index (χ4v) is 4.37. The van der Waals surface area contributed by atoms with Gasteiger partial charge in [0.2, 0.25) is 5.91 Å². The summed E-state index contributed by atoms with van der Waals surface area (Å²) < 4.78 is 3.75. The predicted molar refractivity (Wildman–Crippen MR) is 98.4 cm³/mol. The summed E-state index contributed by atoms with van der Waals surface area (Å²) in [6.45, 7) is 4.35. The second kappa shape index (κ2) is 7.23. The molecule has 4 heterocycles. The summed E-state index contributed by atoms with van der Waals surface area (Å²) in [6.07, 6.45) is 9.33. The van der Waals surface area contributed by atoms with Gasteiger partial charge in [-0.15, -0.1) is 0 Å². The average Bonchev–Trinajstić information content (AvgIpc) is 3.36. The molecule has 7 nitrogen and oxygen atoms in total. The van der Waals surface area contributed by atoms with Gasteiger partial charge in [0, 0.05) is 65.1 Å². The maximum absolute atomic E-state index is 13.3. The SMILES string of the molecule is Cn1cc([C@@H]2CN(Cc3ccnn3C)C[C@H]2C(=O)N2CCCCC2)cn1. The van der Waals surface area contributed by atoms with Gasteiger partial charge in [-0.25, -0.2) is 0 Å². The van der Waals surface area contributed by atoms with E-state index in [1.54, 1.807) is 0 Å². The number of hydrogen-bond donors (Lipinski definition) is 0. The first-order chi connectivity index (χ1) is 12.6. The number of nitrogens with zero attached hydrogens (tertiary/aromatic N) is 6. The van der Waals surface area contributed by atoms with E-state index < -0.39 is 0 Å². The first-order valence-corrected chi connectivity index (χ1v) is 9.58. The molecule has 2 aromatic rings. The van der Waals surface area contributed by atoms with Crippen molar-refractivity contribution in [1.82, 2.24) is 29.4 Å². The smallest absolute Gasteiger partial charge is 0.227 e. The molecule has 0 unspecified atom stereocenters. The van der Waals surface area contributed by atoms with Gasteiger partial charge in [0.15, 0.2) is 0 Å². The molecule has 2 aromatic heterocycles. The molecule has 2 fully saturated rings. The number of carbonyl (C=O) groups is 1. The third-order valence-electron chi connectivity index (χ3n) is 5.84. The molecular weight excluding hydrogens is 328 g/mol. The lowest BCUT2D eigenvalue weighted by Crippen LogP contribution is -2.41. The van der Waals surface area contributed by atoms with Crippen LogP contribution in [0.4, 0.5) is 0 Å². The van der Waals surface area contributed by atoms with Crippen molar-refractivity contribution in [1.29, 1.82) is 0 Å². The van der Waals surface area contributed by atoms with Gasteiger partial charge >= 0.3 is 0 Å². The van der Waals surface area contributed by atoms with Gasteiger partial charge in [-0.05, 0) is 30.9 Å². The van der Waals surface area contributed by atoms with Crippen LogP contribution in [-0.4, -0.2) is 61.4 Å². The van der Waals surface area contributed by atoms with Crippen LogP contribution in [0.3, 0.4) is 0 Å². The Morgan fingerprint density at radius 1 is 1.15 bits per heavy atom. The van der Waals surface area contributed by atoms with E-state index in [0.29, 0.717) is 5.91 Å². The molecular formula is C19H28N6O. The normalized spacial score (nSPS) is 24.3. The summed E-state index contributed by atoms with van der Waals surface area (Å²) in [6, 6.07) is 2.05. The van der Waals surface area contributed by atoms with Crippen molar-refractivity contribution in [2.24, 2.45) is 20.0 Å². The first-order valence-electron chi connectivity index (χ1n) is 9.58. The summed E-state index contributed by atoms with van der Waals surface area (Å²) in [7, 11) is 3.91. The highest BCUT2D eigenvalue weighted by Gasteiger charge is 2.41. The van der Waals surface area contributed by atoms with Crippen LogP contribution in [0, 0.1) is 5.92 Å². The molecule has 0 bridgehead atoms. The van der Waals surface area contributed by atoms with Gasteiger partial charge in [0.1, 0.15) is 0 Å². The molecule has 0 aromatic carbocycles. The fourth-order valence-electron chi connectivity index (χ4n) is 4.37. The molecule has 7 heteroatoms. The Labute approximate surface area is 154 Å². The number of carbonyl (C=O) groups excluding carboxylic acids is 1. The second-order valence-corrected chi connectivity index (χ2v) is 7.69. The van der Waals surface area contributed by atoms with Crippen molar-refractivity contribution < 1.29 is 4.79 Å². The molecule has 0 N–H and O–H groups in total. The van der Waals surface area contributed by atoms with Crippen molar-refractivity contribution >= 4 is 5.91 Å². The van der Waals surface area contributed by atoms with Crippen LogP contribution >= 0.6 is 0 Å². The van der Waals surface area contributed by atoms with E-state index in [0.717, 1.165) is 45.6 Å². The zero-order chi connectivity index (χ0) is 18.1. The number of aryl methyl sites for hydroxylation is 2. The van der Waals surface area contributed by atoms with Gasteiger partial charge in [0.05, 0.1) is 17.8 Å². The molecule has 0 aliphatic carbocycles.